The van der Waals surface area contributed by atoms with Gasteiger partial charge in [0.25, 0.3) is 0 Å². The lowest BCUT2D eigenvalue weighted by Gasteiger charge is -2.36. The SMILES string of the molecule is CCCCN(Cc1ccc(-c2ccccc2-c2nnnn2C(c2ccccc2)(c2ccccc2)c2ccccc2)cc1)c1ncnc2ccc(C(=O)OC)cc12. The molecule has 0 saturated carbocycles. The number of anilines is 1. The Morgan fingerprint density at radius 1 is 0.714 bits per heavy atom. The molecule has 8 aromatic rings. The van der Waals surface area contributed by atoms with E-state index in [0.29, 0.717) is 17.9 Å². The molecule has 2 heterocycles. The Kier molecular flexibility index (Phi) is 10.4. The molecule has 2 aromatic heterocycles. The van der Waals surface area contributed by atoms with Gasteiger partial charge in [0.15, 0.2) is 5.82 Å². The second kappa shape index (κ2) is 16.2. The van der Waals surface area contributed by atoms with E-state index in [4.69, 9.17) is 20.0 Å². The third-order valence-electron chi connectivity index (χ3n) is 10.3. The molecule has 0 atom stereocenters. The van der Waals surface area contributed by atoms with Gasteiger partial charge in [-0.1, -0.05) is 153 Å². The number of hydrogen-bond donors (Lipinski definition) is 0. The van der Waals surface area contributed by atoms with Gasteiger partial charge >= 0.3 is 5.97 Å². The number of aromatic nitrogens is 6. The first-order chi connectivity index (χ1) is 27.6. The maximum absolute atomic E-state index is 12.4. The average molecular weight is 736 g/mol. The van der Waals surface area contributed by atoms with Gasteiger partial charge in [0.1, 0.15) is 17.7 Å². The molecule has 0 unspecified atom stereocenters. The van der Waals surface area contributed by atoms with Gasteiger partial charge in [-0.25, -0.2) is 19.4 Å². The van der Waals surface area contributed by atoms with Gasteiger partial charge in [-0.3, -0.25) is 0 Å². The summed E-state index contributed by atoms with van der Waals surface area (Å²) < 4.78 is 6.98. The Labute approximate surface area is 326 Å². The number of tetrazole rings is 1. The summed E-state index contributed by atoms with van der Waals surface area (Å²) in [6.07, 6.45) is 3.60. The van der Waals surface area contributed by atoms with Crippen molar-refractivity contribution < 1.29 is 9.53 Å². The molecule has 9 heteroatoms. The molecular formula is C47H41N7O2. The predicted octanol–water partition coefficient (Wildman–Crippen LogP) is 9.38. The van der Waals surface area contributed by atoms with Crippen molar-refractivity contribution in [2.75, 3.05) is 18.6 Å². The molecule has 276 valence electrons. The number of fused-ring (bicyclic) bond motifs is 1. The van der Waals surface area contributed by atoms with Gasteiger partial charge in [-0.05, 0) is 68.4 Å². The smallest absolute Gasteiger partial charge is 0.337 e. The van der Waals surface area contributed by atoms with E-state index in [1.807, 2.05) is 41.1 Å². The van der Waals surface area contributed by atoms with Crippen LogP contribution in [0, 0.1) is 0 Å². The van der Waals surface area contributed by atoms with Gasteiger partial charge in [-0.15, -0.1) is 5.10 Å². The monoisotopic (exact) mass is 735 g/mol. The van der Waals surface area contributed by atoms with E-state index in [1.165, 1.54) is 7.11 Å². The summed E-state index contributed by atoms with van der Waals surface area (Å²) in [7, 11) is 1.39. The Balaban J connectivity index is 1.19. The van der Waals surface area contributed by atoms with Crippen LogP contribution in [0.5, 0.6) is 0 Å². The molecule has 0 N–H and O–H groups in total. The fraction of sp³-hybridized carbons (Fsp3) is 0.149. The fourth-order valence-electron chi connectivity index (χ4n) is 7.57. The summed E-state index contributed by atoms with van der Waals surface area (Å²) in [4.78, 5) is 23.9. The number of carbonyl (C=O) groups excluding carboxylic acids is 1. The summed E-state index contributed by atoms with van der Waals surface area (Å²) in [6, 6.07) is 53.7. The standard InChI is InChI=1S/C47H41N7O2/c1-3-4-30-53(44-42-31-36(46(55)56-2)28-29-43(42)48-33-49-44)32-34-24-26-35(27-25-34)40-22-14-15-23-41(40)45-50-51-52-54(45)47(37-16-8-5-9-17-37,38-18-10-6-11-19-38)39-20-12-7-13-21-39/h5-29,31,33H,3-4,30,32H2,1-2H3. The van der Waals surface area contributed by atoms with E-state index < -0.39 is 11.5 Å². The van der Waals surface area contributed by atoms with E-state index >= 15 is 0 Å². The van der Waals surface area contributed by atoms with Crippen molar-refractivity contribution in [3.63, 3.8) is 0 Å². The molecule has 0 saturated heterocycles. The maximum atomic E-state index is 12.4. The Bertz CT molecular complexity index is 2460. The number of rotatable bonds is 13. The third kappa shape index (κ3) is 6.79. The van der Waals surface area contributed by atoms with Crippen molar-refractivity contribution in [3.05, 3.63) is 192 Å². The van der Waals surface area contributed by atoms with E-state index in [-0.39, 0.29) is 0 Å². The van der Waals surface area contributed by atoms with Crippen molar-refractivity contribution >= 4 is 22.7 Å². The molecule has 8 rings (SSSR count). The minimum atomic E-state index is -0.871. The minimum absolute atomic E-state index is 0.391. The maximum Gasteiger partial charge on any atom is 0.337 e. The molecule has 56 heavy (non-hydrogen) atoms. The number of methoxy groups -OCH3 is 1. The van der Waals surface area contributed by atoms with Crippen molar-refractivity contribution in [3.8, 4) is 22.5 Å². The number of esters is 1. The minimum Gasteiger partial charge on any atom is -0.465 e. The lowest BCUT2D eigenvalue weighted by Crippen LogP contribution is -2.39. The van der Waals surface area contributed by atoms with Gasteiger partial charge in [0.2, 0.25) is 0 Å². The zero-order chi connectivity index (χ0) is 38.3. The van der Waals surface area contributed by atoms with Crippen LogP contribution in [0.25, 0.3) is 33.4 Å². The Morgan fingerprint density at radius 3 is 1.93 bits per heavy atom. The van der Waals surface area contributed by atoms with Gasteiger partial charge in [0.05, 0.1) is 18.2 Å². The Hall–Kier alpha value is -7.00. The molecule has 9 nitrogen and oxygen atoms in total. The molecule has 0 radical (unpaired) electrons. The molecule has 0 spiro atoms. The highest BCUT2D eigenvalue weighted by Gasteiger charge is 2.42. The first-order valence-electron chi connectivity index (χ1n) is 18.8. The van der Waals surface area contributed by atoms with E-state index in [0.717, 1.165) is 75.1 Å². The summed E-state index contributed by atoms with van der Waals surface area (Å²) >= 11 is 0. The summed E-state index contributed by atoms with van der Waals surface area (Å²) in [5, 5.41) is 14.7. The zero-order valence-corrected chi connectivity index (χ0v) is 31.4. The molecule has 0 amide bonds. The van der Waals surface area contributed by atoms with Crippen molar-refractivity contribution in [1.29, 1.82) is 0 Å². The van der Waals surface area contributed by atoms with Crippen LogP contribution in [-0.2, 0) is 16.8 Å². The first kappa shape index (κ1) is 36.0. The van der Waals surface area contributed by atoms with Gasteiger partial charge in [-0.2, -0.15) is 0 Å². The number of hydrogen-bond acceptors (Lipinski definition) is 8. The zero-order valence-electron chi connectivity index (χ0n) is 31.4. The largest absolute Gasteiger partial charge is 0.465 e. The molecule has 0 aliphatic heterocycles. The van der Waals surface area contributed by atoms with Gasteiger partial charge < -0.3 is 9.64 Å². The second-order valence-electron chi connectivity index (χ2n) is 13.7. The third-order valence-corrected chi connectivity index (χ3v) is 10.3. The molecule has 0 bridgehead atoms. The van der Waals surface area contributed by atoms with Crippen molar-refractivity contribution in [2.45, 2.75) is 31.8 Å². The van der Waals surface area contributed by atoms with Crippen LogP contribution in [0.1, 0.15) is 52.4 Å². The van der Waals surface area contributed by atoms with Crippen LogP contribution in [0.3, 0.4) is 0 Å². The number of ether oxygens (including phenoxy) is 1. The van der Waals surface area contributed by atoms with Crippen molar-refractivity contribution in [2.24, 2.45) is 0 Å². The number of carbonyl (C=O) groups is 1. The lowest BCUT2D eigenvalue weighted by molar-refractivity contribution is 0.0601. The average Bonchev–Trinajstić information content (AvgIpc) is 3.76. The van der Waals surface area contributed by atoms with Crippen LogP contribution in [0.4, 0.5) is 5.82 Å². The van der Waals surface area contributed by atoms with E-state index in [9.17, 15) is 4.79 Å². The predicted molar refractivity (Wildman–Crippen MR) is 220 cm³/mol. The van der Waals surface area contributed by atoms with Gasteiger partial charge in [0, 0.05) is 24.0 Å². The number of benzene rings is 6. The van der Waals surface area contributed by atoms with Crippen molar-refractivity contribution in [1.82, 2.24) is 30.2 Å². The van der Waals surface area contributed by atoms with Crippen LogP contribution in [0.15, 0.2) is 164 Å². The number of unbranched alkanes of at least 4 members (excludes halogenated alkanes) is 1. The van der Waals surface area contributed by atoms with E-state index in [2.05, 4.69) is 137 Å². The molecule has 6 aromatic carbocycles. The highest BCUT2D eigenvalue weighted by atomic mass is 16.5. The van der Waals surface area contributed by atoms with Crippen LogP contribution >= 0.6 is 0 Å². The van der Waals surface area contributed by atoms with Crippen LogP contribution in [-0.4, -0.2) is 49.8 Å². The number of nitrogens with zero attached hydrogens (tertiary/aromatic N) is 7. The lowest BCUT2D eigenvalue weighted by atomic mass is 9.77. The summed E-state index contributed by atoms with van der Waals surface area (Å²) in [5.74, 6) is 1.04. The summed E-state index contributed by atoms with van der Waals surface area (Å²) in [5.41, 5.74) is 7.58. The fourth-order valence-corrected chi connectivity index (χ4v) is 7.57. The quantitative estimate of drug-likeness (QED) is 0.0854. The second-order valence-corrected chi connectivity index (χ2v) is 13.7. The highest BCUT2D eigenvalue weighted by molar-refractivity contribution is 5.98. The molecular weight excluding hydrogens is 695 g/mol. The first-order valence-corrected chi connectivity index (χ1v) is 18.8. The van der Waals surface area contributed by atoms with Crippen LogP contribution < -0.4 is 4.90 Å². The molecule has 0 aliphatic carbocycles. The van der Waals surface area contributed by atoms with E-state index in [1.54, 1.807) is 12.4 Å². The molecule has 0 aliphatic rings. The normalized spacial score (nSPS) is 11.4. The summed E-state index contributed by atoms with van der Waals surface area (Å²) in [6.45, 7) is 3.60. The topological polar surface area (TPSA) is 98.9 Å². The Morgan fingerprint density at radius 2 is 1.32 bits per heavy atom. The highest BCUT2D eigenvalue weighted by Crippen LogP contribution is 2.43. The molecule has 0 fully saturated rings. The van der Waals surface area contributed by atoms with Crippen LogP contribution in [0.2, 0.25) is 0 Å².